The van der Waals surface area contributed by atoms with E-state index in [9.17, 15) is 20.2 Å². The Morgan fingerprint density at radius 2 is 1.96 bits per heavy atom. The third kappa shape index (κ3) is 3.80. The number of nitro groups is 1. The Bertz CT molecular complexity index is 817. The predicted molar refractivity (Wildman–Crippen MR) is 84.0 cm³/mol. The van der Waals surface area contributed by atoms with Crippen LogP contribution >= 0.6 is 0 Å². The van der Waals surface area contributed by atoms with Crippen LogP contribution in [0, 0.1) is 21.4 Å². The van der Waals surface area contributed by atoms with E-state index in [1.165, 1.54) is 31.4 Å². The summed E-state index contributed by atoms with van der Waals surface area (Å²) >= 11 is 0. The lowest BCUT2D eigenvalue weighted by Gasteiger charge is -2.02. The summed E-state index contributed by atoms with van der Waals surface area (Å²) in [5.41, 5.74) is 0.547. The number of carbonyl (C=O) groups is 1. The van der Waals surface area contributed by atoms with Gasteiger partial charge in [-0.15, -0.1) is 0 Å². The molecule has 0 aromatic heterocycles. The van der Waals surface area contributed by atoms with Crippen LogP contribution in [0.4, 0.5) is 5.69 Å². The number of nitriles is 1. The molecule has 0 aliphatic rings. The van der Waals surface area contributed by atoms with Crippen LogP contribution in [-0.4, -0.2) is 17.8 Å². The Balaban J connectivity index is 2.34. The lowest BCUT2D eigenvalue weighted by atomic mass is 10.0. The molecule has 0 heterocycles. The number of Topliss-reactive ketones (excluding diaryl/α,β-unsaturated/α-hetero) is 1. The first-order valence-electron chi connectivity index (χ1n) is 6.60. The quantitative estimate of drug-likeness (QED) is 0.277. The summed E-state index contributed by atoms with van der Waals surface area (Å²) in [6.45, 7) is 0. The molecule has 0 radical (unpaired) electrons. The zero-order chi connectivity index (χ0) is 16.8. The Labute approximate surface area is 132 Å². The van der Waals surface area contributed by atoms with E-state index in [1.54, 1.807) is 30.3 Å². The van der Waals surface area contributed by atoms with E-state index in [0.717, 1.165) is 0 Å². The van der Waals surface area contributed by atoms with E-state index in [2.05, 4.69) is 0 Å². The Kier molecular flexibility index (Phi) is 4.85. The van der Waals surface area contributed by atoms with Gasteiger partial charge in [0.25, 0.3) is 5.69 Å². The number of ether oxygens (including phenoxy) is 1. The molecule has 0 aliphatic heterocycles. The first-order valence-corrected chi connectivity index (χ1v) is 6.60. The van der Waals surface area contributed by atoms with E-state index in [0.29, 0.717) is 16.9 Å². The first-order chi connectivity index (χ1) is 11.0. The van der Waals surface area contributed by atoms with Gasteiger partial charge in [0.05, 0.1) is 12.0 Å². The number of allylic oxidation sites excluding steroid dienone is 1. The maximum absolute atomic E-state index is 12.3. The van der Waals surface area contributed by atoms with Crippen molar-refractivity contribution < 1.29 is 14.5 Å². The average Bonchev–Trinajstić information content (AvgIpc) is 2.59. The molecule has 0 unspecified atom stereocenters. The second kappa shape index (κ2) is 7.00. The van der Waals surface area contributed by atoms with Gasteiger partial charge < -0.3 is 4.74 Å². The summed E-state index contributed by atoms with van der Waals surface area (Å²) in [5.74, 6) is 0.143. The molecule has 0 atom stereocenters. The number of ketones is 1. The van der Waals surface area contributed by atoms with Gasteiger partial charge in [-0.2, -0.15) is 5.26 Å². The van der Waals surface area contributed by atoms with Crippen LogP contribution in [0.15, 0.2) is 54.1 Å². The summed E-state index contributed by atoms with van der Waals surface area (Å²) in [7, 11) is 1.51. The van der Waals surface area contributed by atoms with Crippen molar-refractivity contribution in [2.75, 3.05) is 7.11 Å². The van der Waals surface area contributed by atoms with Crippen LogP contribution in [0.25, 0.3) is 6.08 Å². The highest BCUT2D eigenvalue weighted by Gasteiger charge is 2.13. The summed E-state index contributed by atoms with van der Waals surface area (Å²) in [5, 5.41) is 20.0. The SMILES string of the molecule is COc1ccc(C(=O)/C(C#N)=C/c2cccc([N+](=O)[O-])c2)cc1. The number of hydrogen-bond donors (Lipinski definition) is 0. The fourth-order valence-corrected chi connectivity index (χ4v) is 1.94. The fraction of sp³-hybridized carbons (Fsp3) is 0.0588. The minimum Gasteiger partial charge on any atom is -0.497 e. The van der Waals surface area contributed by atoms with E-state index in [4.69, 9.17) is 4.74 Å². The largest absolute Gasteiger partial charge is 0.497 e. The molecular formula is C17H12N2O4. The molecule has 0 fully saturated rings. The number of carbonyl (C=O) groups excluding carboxylic acids is 1. The molecule has 2 aromatic rings. The summed E-state index contributed by atoms with van der Waals surface area (Å²) in [6, 6.07) is 13.9. The Morgan fingerprint density at radius 3 is 2.52 bits per heavy atom. The zero-order valence-corrected chi connectivity index (χ0v) is 12.2. The van der Waals surface area contributed by atoms with E-state index >= 15 is 0 Å². The number of methoxy groups -OCH3 is 1. The average molecular weight is 308 g/mol. The number of nitrogens with zero attached hydrogens (tertiary/aromatic N) is 2. The molecular weight excluding hydrogens is 296 g/mol. The van der Waals surface area contributed by atoms with E-state index in [1.807, 2.05) is 6.07 Å². The highest BCUT2D eigenvalue weighted by molar-refractivity contribution is 6.14. The van der Waals surface area contributed by atoms with Gasteiger partial charge in [-0.25, -0.2) is 0 Å². The maximum Gasteiger partial charge on any atom is 0.270 e. The molecule has 0 bridgehead atoms. The molecule has 0 saturated carbocycles. The van der Waals surface area contributed by atoms with Crippen molar-refractivity contribution in [2.24, 2.45) is 0 Å². The monoisotopic (exact) mass is 308 g/mol. The molecule has 0 spiro atoms. The lowest BCUT2D eigenvalue weighted by Crippen LogP contribution is -2.02. The standard InChI is InChI=1S/C17H12N2O4/c1-23-16-7-5-13(6-8-16)17(20)14(11-18)9-12-3-2-4-15(10-12)19(21)22/h2-10H,1H3/b14-9+. The molecule has 6 nitrogen and oxygen atoms in total. The molecule has 6 heteroatoms. The van der Waals surface area contributed by atoms with Crippen LogP contribution in [-0.2, 0) is 0 Å². The lowest BCUT2D eigenvalue weighted by molar-refractivity contribution is -0.384. The van der Waals surface area contributed by atoms with Gasteiger partial charge in [0.15, 0.2) is 0 Å². The summed E-state index contributed by atoms with van der Waals surface area (Å²) in [4.78, 5) is 22.6. The fourth-order valence-electron chi connectivity index (χ4n) is 1.94. The third-order valence-corrected chi connectivity index (χ3v) is 3.11. The maximum atomic E-state index is 12.3. The van der Waals surface area contributed by atoms with Crippen molar-refractivity contribution in [1.29, 1.82) is 5.26 Å². The van der Waals surface area contributed by atoms with Crippen molar-refractivity contribution in [1.82, 2.24) is 0 Å². The van der Waals surface area contributed by atoms with Gasteiger partial charge in [-0.1, -0.05) is 12.1 Å². The van der Waals surface area contributed by atoms with Crippen molar-refractivity contribution in [3.05, 3.63) is 75.3 Å². The topological polar surface area (TPSA) is 93.2 Å². The summed E-state index contributed by atoms with van der Waals surface area (Å²) < 4.78 is 5.01. The van der Waals surface area contributed by atoms with E-state index < -0.39 is 10.7 Å². The number of non-ortho nitro benzene ring substituents is 1. The summed E-state index contributed by atoms with van der Waals surface area (Å²) in [6.07, 6.45) is 1.33. The minimum atomic E-state index is -0.533. The number of rotatable bonds is 5. The molecule has 0 saturated heterocycles. The van der Waals surface area contributed by atoms with Crippen molar-refractivity contribution in [3.8, 4) is 11.8 Å². The molecule has 114 valence electrons. The highest BCUT2D eigenvalue weighted by Crippen LogP contribution is 2.19. The minimum absolute atomic E-state index is 0.101. The van der Waals surface area contributed by atoms with Crippen molar-refractivity contribution in [3.63, 3.8) is 0 Å². The first kappa shape index (κ1) is 15.9. The molecule has 0 amide bonds. The highest BCUT2D eigenvalue weighted by atomic mass is 16.6. The van der Waals surface area contributed by atoms with Gasteiger partial charge in [-0.3, -0.25) is 14.9 Å². The Hall–Kier alpha value is -3.46. The van der Waals surface area contributed by atoms with Gasteiger partial charge in [-0.05, 0) is 35.9 Å². The zero-order valence-electron chi connectivity index (χ0n) is 12.2. The normalized spacial score (nSPS) is 10.7. The number of benzene rings is 2. The smallest absolute Gasteiger partial charge is 0.270 e. The third-order valence-electron chi connectivity index (χ3n) is 3.11. The van der Waals surface area contributed by atoms with Crippen LogP contribution < -0.4 is 4.74 Å². The molecule has 2 rings (SSSR count). The van der Waals surface area contributed by atoms with Gasteiger partial charge in [0.1, 0.15) is 17.4 Å². The second-order valence-electron chi connectivity index (χ2n) is 4.58. The molecule has 0 N–H and O–H groups in total. The van der Waals surface area contributed by atoms with Gasteiger partial charge in [0, 0.05) is 17.7 Å². The van der Waals surface area contributed by atoms with Gasteiger partial charge in [0.2, 0.25) is 5.78 Å². The number of nitro benzene ring substituents is 1. The van der Waals surface area contributed by atoms with Crippen LogP contribution in [0.3, 0.4) is 0 Å². The van der Waals surface area contributed by atoms with E-state index in [-0.39, 0.29) is 11.3 Å². The van der Waals surface area contributed by atoms with Crippen LogP contribution in [0.5, 0.6) is 5.75 Å². The Morgan fingerprint density at radius 1 is 1.26 bits per heavy atom. The molecule has 23 heavy (non-hydrogen) atoms. The molecule has 0 aliphatic carbocycles. The van der Waals surface area contributed by atoms with Gasteiger partial charge >= 0.3 is 0 Å². The van der Waals surface area contributed by atoms with Crippen LogP contribution in [0.1, 0.15) is 15.9 Å². The van der Waals surface area contributed by atoms with Crippen LogP contribution in [0.2, 0.25) is 0 Å². The molecule has 2 aromatic carbocycles. The predicted octanol–water partition coefficient (Wildman–Crippen LogP) is 3.39. The van der Waals surface area contributed by atoms with Crippen molar-refractivity contribution >= 4 is 17.5 Å². The van der Waals surface area contributed by atoms with Crippen molar-refractivity contribution in [2.45, 2.75) is 0 Å². The number of hydrogen-bond acceptors (Lipinski definition) is 5. The second-order valence-corrected chi connectivity index (χ2v) is 4.58.